The molecule has 3 rings (SSSR count). The van der Waals surface area contributed by atoms with Gasteiger partial charge in [-0.2, -0.15) is 0 Å². The number of hydrogen-bond acceptors (Lipinski definition) is 2. The zero-order valence-corrected chi connectivity index (χ0v) is 14.8. The van der Waals surface area contributed by atoms with E-state index in [1.54, 1.807) is 0 Å². The lowest BCUT2D eigenvalue weighted by molar-refractivity contribution is -0.0229. The molecular weight excluding hydrogens is 256 g/mol. The van der Waals surface area contributed by atoms with E-state index in [9.17, 15) is 0 Å². The lowest BCUT2D eigenvalue weighted by atomic mass is 9.62. The molecule has 0 aromatic rings. The number of piperidine rings is 2. The molecule has 1 spiro atoms. The Kier molecular flexibility index (Phi) is 4.16. The molecule has 0 aromatic heterocycles. The third kappa shape index (κ3) is 3.64. The highest BCUT2D eigenvalue weighted by atomic mass is 15.2. The number of nitrogens with zero attached hydrogens (tertiary/aromatic N) is 1. The molecule has 1 atom stereocenters. The van der Waals surface area contributed by atoms with Crippen LogP contribution < -0.4 is 5.32 Å². The fraction of sp³-hybridized carbons (Fsp3) is 1.00. The average Bonchev–Trinajstić information content (AvgIpc) is 2.36. The van der Waals surface area contributed by atoms with E-state index in [0.29, 0.717) is 16.2 Å². The van der Waals surface area contributed by atoms with Gasteiger partial charge >= 0.3 is 0 Å². The summed E-state index contributed by atoms with van der Waals surface area (Å²) in [6.07, 6.45) is 9.90. The molecule has 3 fully saturated rings. The molecule has 3 aliphatic rings. The summed E-state index contributed by atoms with van der Waals surface area (Å²) in [6, 6.07) is 0.822. The maximum Gasteiger partial charge on any atom is 0.0106 e. The second kappa shape index (κ2) is 5.53. The van der Waals surface area contributed by atoms with Crippen LogP contribution in [0.15, 0.2) is 0 Å². The van der Waals surface area contributed by atoms with Crippen LogP contribution in [0.5, 0.6) is 0 Å². The van der Waals surface area contributed by atoms with Crippen molar-refractivity contribution in [2.75, 3.05) is 26.2 Å². The van der Waals surface area contributed by atoms with Gasteiger partial charge in [-0.05, 0) is 74.3 Å². The van der Waals surface area contributed by atoms with Gasteiger partial charge in [0.25, 0.3) is 0 Å². The first-order valence-corrected chi connectivity index (χ1v) is 9.24. The summed E-state index contributed by atoms with van der Waals surface area (Å²) in [5.41, 5.74) is 1.63. The lowest BCUT2D eigenvalue weighted by Crippen LogP contribution is -2.56. The zero-order valence-electron chi connectivity index (χ0n) is 14.8. The molecule has 2 nitrogen and oxygen atoms in total. The van der Waals surface area contributed by atoms with Crippen LogP contribution in [0.4, 0.5) is 0 Å². The third-order valence-electron chi connectivity index (χ3n) is 6.30. The van der Waals surface area contributed by atoms with Gasteiger partial charge in [0.1, 0.15) is 0 Å². The van der Waals surface area contributed by atoms with Crippen molar-refractivity contribution in [1.29, 1.82) is 0 Å². The van der Waals surface area contributed by atoms with E-state index in [0.717, 1.165) is 6.04 Å². The molecular formula is C19H36N2. The first kappa shape index (κ1) is 15.8. The largest absolute Gasteiger partial charge is 0.316 e. The van der Waals surface area contributed by atoms with E-state index in [2.05, 4.69) is 37.9 Å². The van der Waals surface area contributed by atoms with Gasteiger partial charge in [0, 0.05) is 19.1 Å². The van der Waals surface area contributed by atoms with E-state index in [1.165, 1.54) is 71.1 Å². The standard InChI is InChI=1S/C19H36N2/c1-17(2)11-16(12-18(3,4)13-17)21-10-6-8-19(15-21)7-5-9-20-14-19/h16,20H,5-15H2,1-4H3. The molecule has 0 amide bonds. The smallest absolute Gasteiger partial charge is 0.0106 e. The van der Waals surface area contributed by atoms with Gasteiger partial charge < -0.3 is 5.32 Å². The minimum absolute atomic E-state index is 0.516. The molecule has 2 heteroatoms. The Labute approximate surface area is 132 Å². The summed E-state index contributed by atoms with van der Waals surface area (Å²) in [7, 11) is 0. The maximum atomic E-state index is 3.67. The number of likely N-dealkylation sites (tertiary alicyclic amines) is 1. The predicted molar refractivity (Wildman–Crippen MR) is 90.5 cm³/mol. The zero-order chi connectivity index (χ0) is 15.1. The van der Waals surface area contributed by atoms with Gasteiger partial charge in [-0.15, -0.1) is 0 Å². The van der Waals surface area contributed by atoms with E-state index in [1.807, 2.05) is 0 Å². The molecule has 21 heavy (non-hydrogen) atoms. The topological polar surface area (TPSA) is 15.3 Å². The summed E-state index contributed by atoms with van der Waals surface area (Å²) in [5.74, 6) is 0. The van der Waals surface area contributed by atoms with Crippen LogP contribution in [-0.4, -0.2) is 37.1 Å². The summed E-state index contributed by atoms with van der Waals surface area (Å²) >= 11 is 0. The predicted octanol–water partition coefficient (Wildman–Crippen LogP) is 4.06. The van der Waals surface area contributed by atoms with Gasteiger partial charge in [-0.3, -0.25) is 4.90 Å². The van der Waals surface area contributed by atoms with Crippen LogP contribution >= 0.6 is 0 Å². The summed E-state index contributed by atoms with van der Waals surface area (Å²) in [6.45, 7) is 15.2. The second-order valence-electron chi connectivity index (χ2n) is 9.92. The van der Waals surface area contributed by atoms with Crippen LogP contribution in [0.2, 0.25) is 0 Å². The number of hydrogen-bond donors (Lipinski definition) is 1. The molecule has 0 aromatic carbocycles. The fourth-order valence-electron chi connectivity index (χ4n) is 5.98. The monoisotopic (exact) mass is 292 g/mol. The Hall–Kier alpha value is -0.0800. The average molecular weight is 293 g/mol. The molecule has 2 heterocycles. The highest BCUT2D eigenvalue weighted by molar-refractivity contribution is 4.98. The minimum atomic E-state index is 0.516. The van der Waals surface area contributed by atoms with Gasteiger partial charge in [0.05, 0.1) is 0 Å². The highest BCUT2D eigenvalue weighted by Gasteiger charge is 2.44. The van der Waals surface area contributed by atoms with E-state index in [4.69, 9.17) is 0 Å². The van der Waals surface area contributed by atoms with Crippen LogP contribution in [0.1, 0.15) is 72.6 Å². The Morgan fingerprint density at radius 3 is 2.24 bits per heavy atom. The molecule has 0 bridgehead atoms. The molecule has 122 valence electrons. The van der Waals surface area contributed by atoms with Crippen molar-refractivity contribution in [3.05, 3.63) is 0 Å². The first-order chi connectivity index (χ1) is 9.79. The Morgan fingerprint density at radius 2 is 1.62 bits per heavy atom. The second-order valence-corrected chi connectivity index (χ2v) is 9.92. The van der Waals surface area contributed by atoms with Gasteiger partial charge in [0.15, 0.2) is 0 Å². The van der Waals surface area contributed by atoms with E-state index in [-0.39, 0.29) is 0 Å². The van der Waals surface area contributed by atoms with Crippen LogP contribution in [0.25, 0.3) is 0 Å². The van der Waals surface area contributed by atoms with Gasteiger partial charge in [-0.25, -0.2) is 0 Å². The van der Waals surface area contributed by atoms with Crippen molar-refractivity contribution in [3.63, 3.8) is 0 Å². The van der Waals surface area contributed by atoms with Crippen molar-refractivity contribution in [2.24, 2.45) is 16.2 Å². The molecule has 2 aliphatic heterocycles. The summed E-state index contributed by atoms with van der Waals surface area (Å²) in [5, 5.41) is 3.67. The fourth-order valence-corrected chi connectivity index (χ4v) is 5.98. The van der Waals surface area contributed by atoms with Crippen LogP contribution in [0.3, 0.4) is 0 Å². The summed E-state index contributed by atoms with van der Waals surface area (Å²) < 4.78 is 0. The van der Waals surface area contributed by atoms with Crippen molar-refractivity contribution < 1.29 is 0 Å². The molecule has 1 N–H and O–H groups in total. The van der Waals surface area contributed by atoms with Crippen LogP contribution in [-0.2, 0) is 0 Å². The summed E-state index contributed by atoms with van der Waals surface area (Å²) in [4.78, 5) is 2.89. The van der Waals surface area contributed by atoms with Crippen molar-refractivity contribution in [2.45, 2.75) is 78.7 Å². The first-order valence-electron chi connectivity index (χ1n) is 9.24. The van der Waals surface area contributed by atoms with Crippen molar-refractivity contribution in [3.8, 4) is 0 Å². The Morgan fingerprint density at radius 1 is 0.952 bits per heavy atom. The Balaban J connectivity index is 1.70. The number of nitrogens with one attached hydrogen (secondary N) is 1. The quantitative estimate of drug-likeness (QED) is 0.784. The maximum absolute atomic E-state index is 3.67. The minimum Gasteiger partial charge on any atom is -0.316 e. The molecule has 2 saturated heterocycles. The van der Waals surface area contributed by atoms with E-state index < -0.39 is 0 Å². The van der Waals surface area contributed by atoms with Gasteiger partial charge in [-0.1, -0.05) is 27.7 Å². The van der Waals surface area contributed by atoms with Crippen molar-refractivity contribution >= 4 is 0 Å². The molecule has 0 radical (unpaired) electrons. The van der Waals surface area contributed by atoms with Gasteiger partial charge in [0.2, 0.25) is 0 Å². The molecule has 1 saturated carbocycles. The Bertz CT molecular complexity index is 344. The van der Waals surface area contributed by atoms with Crippen LogP contribution in [0, 0.1) is 16.2 Å². The number of rotatable bonds is 1. The third-order valence-corrected chi connectivity index (χ3v) is 6.30. The molecule has 1 aliphatic carbocycles. The highest BCUT2D eigenvalue weighted by Crippen LogP contribution is 2.48. The van der Waals surface area contributed by atoms with Crippen molar-refractivity contribution in [1.82, 2.24) is 10.2 Å². The SMILES string of the molecule is CC1(C)CC(N2CCCC3(CCCNC3)C2)CC(C)(C)C1. The van der Waals surface area contributed by atoms with E-state index >= 15 is 0 Å². The lowest BCUT2D eigenvalue weighted by Gasteiger charge is -2.53. The molecule has 1 unspecified atom stereocenters. The normalized spacial score (nSPS) is 37.7.